The lowest BCUT2D eigenvalue weighted by Crippen LogP contribution is -2.11. The average Bonchev–Trinajstić information content (AvgIpc) is 3.09. The second-order valence-corrected chi connectivity index (χ2v) is 4.55. The summed E-state index contributed by atoms with van der Waals surface area (Å²) in [5.41, 5.74) is 1.74. The highest BCUT2D eigenvalue weighted by Crippen LogP contribution is 2.12. The third-order valence-electron chi connectivity index (χ3n) is 2.94. The number of nitrogens with one attached hydrogen (secondary N) is 3. The molecule has 0 radical (unpaired) electrons. The monoisotopic (exact) mass is 286 g/mol. The number of aryl methyl sites for hydroxylation is 1. The van der Waals surface area contributed by atoms with Crippen LogP contribution in [-0.4, -0.2) is 41.9 Å². The Morgan fingerprint density at radius 2 is 2.10 bits per heavy atom. The van der Waals surface area contributed by atoms with Crippen LogP contribution in [-0.2, 0) is 6.42 Å². The van der Waals surface area contributed by atoms with E-state index in [9.17, 15) is 4.79 Å². The van der Waals surface area contributed by atoms with Crippen molar-refractivity contribution in [2.24, 2.45) is 0 Å². The lowest BCUT2D eigenvalue weighted by atomic mass is 10.2. The van der Waals surface area contributed by atoms with Gasteiger partial charge < -0.3 is 5.32 Å². The zero-order valence-electron chi connectivity index (χ0n) is 11.4. The molecule has 0 aliphatic carbocycles. The van der Waals surface area contributed by atoms with E-state index in [1.807, 2.05) is 31.2 Å². The minimum absolute atomic E-state index is 0.311. The van der Waals surface area contributed by atoms with Crippen molar-refractivity contribution in [2.45, 2.75) is 13.3 Å². The Balaban J connectivity index is 1.68. The van der Waals surface area contributed by atoms with Crippen molar-refractivity contribution in [2.75, 3.05) is 11.9 Å². The van der Waals surface area contributed by atoms with Gasteiger partial charge in [-0.2, -0.15) is 9.78 Å². The molecule has 0 spiro atoms. The standard InChI is InChI=1S/C12H14N8O/c1-8-2-4-9(5-3-8)20-11(16-18-19-20)13-7-6-10-14-12(21)17-15-10/h2-5H,6-7H2,1H3,(H,13,16,19)(H2,14,15,17,21). The van der Waals surface area contributed by atoms with E-state index in [1.165, 1.54) is 5.56 Å². The lowest BCUT2D eigenvalue weighted by molar-refractivity contribution is 0.787. The average molecular weight is 286 g/mol. The molecule has 0 unspecified atom stereocenters. The first-order valence-corrected chi connectivity index (χ1v) is 6.45. The van der Waals surface area contributed by atoms with Crippen molar-refractivity contribution in [3.8, 4) is 5.69 Å². The highest BCUT2D eigenvalue weighted by Gasteiger charge is 2.07. The lowest BCUT2D eigenvalue weighted by Gasteiger charge is -2.06. The van der Waals surface area contributed by atoms with Gasteiger partial charge in [0.1, 0.15) is 5.82 Å². The summed E-state index contributed by atoms with van der Waals surface area (Å²) in [6, 6.07) is 7.88. The molecule has 3 aromatic rings. The van der Waals surface area contributed by atoms with Crippen molar-refractivity contribution >= 4 is 5.95 Å². The smallest absolute Gasteiger partial charge is 0.340 e. The maximum atomic E-state index is 10.9. The number of benzene rings is 1. The second kappa shape index (κ2) is 5.57. The Hall–Kier alpha value is -2.97. The van der Waals surface area contributed by atoms with Gasteiger partial charge in [0, 0.05) is 13.0 Å². The van der Waals surface area contributed by atoms with Crippen LogP contribution >= 0.6 is 0 Å². The van der Waals surface area contributed by atoms with E-state index < -0.39 is 0 Å². The maximum Gasteiger partial charge on any atom is 0.340 e. The molecule has 0 aliphatic heterocycles. The number of hydrogen-bond donors (Lipinski definition) is 3. The number of anilines is 1. The van der Waals surface area contributed by atoms with Crippen molar-refractivity contribution in [1.29, 1.82) is 0 Å². The number of rotatable bonds is 5. The Bertz CT molecular complexity index is 769. The van der Waals surface area contributed by atoms with E-state index in [1.54, 1.807) is 4.68 Å². The fourth-order valence-electron chi connectivity index (χ4n) is 1.87. The van der Waals surface area contributed by atoms with Crippen molar-refractivity contribution < 1.29 is 0 Å². The van der Waals surface area contributed by atoms with Crippen LogP contribution in [0, 0.1) is 6.92 Å². The largest absolute Gasteiger partial charge is 0.352 e. The summed E-state index contributed by atoms with van der Waals surface area (Å²) in [7, 11) is 0. The predicted molar refractivity (Wildman–Crippen MR) is 75.3 cm³/mol. The molecule has 0 amide bonds. The molecular formula is C12H14N8O. The van der Waals surface area contributed by atoms with Crippen LogP contribution in [0.25, 0.3) is 5.69 Å². The quantitative estimate of drug-likeness (QED) is 0.609. The van der Waals surface area contributed by atoms with E-state index in [0.29, 0.717) is 24.7 Å². The molecule has 0 saturated heterocycles. The summed E-state index contributed by atoms with van der Waals surface area (Å²) in [5, 5.41) is 20.8. The molecule has 21 heavy (non-hydrogen) atoms. The van der Waals surface area contributed by atoms with Gasteiger partial charge in [0.25, 0.3) is 0 Å². The number of aromatic amines is 2. The van der Waals surface area contributed by atoms with Gasteiger partial charge in [0.15, 0.2) is 0 Å². The van der Waals surface area contributed by atoms with Gasteiger partial charge in [0.05, 0.1) is 5.69 Å². The summed E-state index contributed by atoms with van der Waals surface area (Å²) < 4.78 is 1.62. The van der Waals surface area contributed by atoms with E-state index in [4.69, 9.17) is 0 Å². The van der Waals surface area contributed by atoms with Gasteiger partial charge in [-0.3, -0.25) is 4.98 Å². The van der Waals surface area contributed by atoms with Crippen LogP contribution in [0.2, 0.25) is 0 Å². The molecule has 3 rings (SSSR count). The van der Waals surface area contributed by atoms with Crippen LogP contribution in [0.4, 0.5) is 5.95 Å². The molecule has 108 valence electrons. The maximum absolute atomic E-state index is 10.9. The van der Waals surface area contributed by atoms with Crippen LogP contribution in [0.3, 0.4) is 0 Å². The van der Waals surface area contributed by atoms with Gasteiger partial charge in [-0.25, -0.2) is 9.89 Å². The summed E-state index contributed by atoms with van der Waals surface area (Å²) >= 11 is 0. The van der Waals surface area contributed by atoms with E-state index in [0.717, 1.165) is 5.69 Å². The summed E-state index contributed by atoms with van der Waals surface area (Å²) in [5.74, 6) is 1.12. The van der Waals surface area contributed by atoms with Gasteiger partial charge in [-0.05, 0) is 29.5 Å². The summed E-state index contributed by atoms with van der Waals surface area (Å²) in [6.45, 7) is 2.57. The summed E-state index contributed by atoms with van der Waals surface area (Å²) in [6.07, 6.45) is 0.555. The summed E-state index contributed by atoms with van der Waals surface area (Å²) in [4.78, 5) is 13.5. The molecule has 2 aromatic heterocycles. The molecule has 9 nitrogen and oxygen atoms in total. The van der Waals surface area contributed by atoms with E-state index >= 15 is 0 Å². The van der Waals surface area contributed by atoms with Crippen LogP contribution in [0.15, 0.2) is 29.1 Å². The van der Waals surface area contributed by atoms with E-state index in [-0.39, 0.29) is 5.69 Å². The van der Waals surface area contributed by atoms with Gasteiger partial charge in [-0.15, -0.1) is 0 Å². The Morgan fingerprint density at radius 1 is 1.29 bits per heavy atom. The fourth-order valence-corrected chi connectivity index (χ4v) is 1.87. The van der Waals surface area contributed by atoms with Crippen LogP contribution < -0.4 is 11.0 Å². The topological polar surface area (TPSA) is 117 Å². The third kappa shape index (κ3) is 2.96. The van der Waals surface area contributed by atoms with Crippen molar-refractivity contribution in [1.82, 2.24) is 35.4 Å². The number of tetrazole rings is 1. The zero-order valence-corrected chi connectivity index (χ0v) is 11.4. The van der Waals surface area contributed by atoms with Gasteiger partial charge in [0.2, 0.25) is 5.95 Å². The Morgan fingerprint density at radius 3 is 2.81 bits per heavy atom. The fraction of sp³-hybridized carbons (Fsp3) is 0.250. The molecule has 2 heterocycles. The third-order valence-corrected chi connectivity index (χ3v) is 2.94. The zero-order chi connectivity index (χ0) is 14.7. The SMILES string of the molecule is Cc1ccc(-n2nnnc2NCCc2n[nH]c(=O)[nH]2)cc1. The molecule has 0 bridgehead atoms. The number of nitrogens with zero attached hydrogens (tertiary/aromatic N) is 5. The first-order chi connectivity index (χ1) is 10.2. The Labute approximate surface area is 119 Å². The predicted octanol–water partition coefficient (Wildman–Crippen LogP) is 0.0367. The number of hydrogen-bond acceptors (Lipinski definition) is 6. The van der Waals surface area contributed by atoms with Crippen molar-refractivity contribution in [3.05, 3.63) is 46.1 Å². The first-order valence-electron chi connectivity index (χ1n) is 6.45. The first kappa shape index (κ1) is 13.0. The molecule has 3 N–H and O–H groups in total. The molecule has 0 fully saturated rings. The molecule has 1 aromatic carbocycles. The number of H-pyrrole nitrogens is 2. The second-order valence-electron chi connectivity index (χ2n) is 4.55. The Kier molecular flexibility index (Phi) is 3.46. The number of aromatic nitrogens is 7. The minimum atomic E-state index is -0.311. The molecule has 9 heteroatoms. The molecule has 0 atom stereocenters. The van der Waals surface area contributed by atoms with Crippen molar-refractivity contribution in [3.63, 3.8) is 0 Å². The molecular weight excluding hydrogens is 272 g/mol. The minimum Gasteiger partial charge on any atom is -0.352 e. The highest BCUT2D eigenvalue weighted by atomic mass is 16.1. The van der Waals surface area contributed by atoms with Gasteiger partial charge >= 0.3 is 5.69 Å². The van der Waals surface area contributed by atoms with Crippen LogP contribution in [0.1, 0.15) is 11.4 Å². The molecule has 0 aliphatic rings. The molecule has 0 saturated carbocycles. The van der Waals surface area contributed by atoms with E-state index in [2.05, 4.69) is 36.0 Å². The van der Waals surface area contributed by atoms with Gasteiger partial charge in [-0.1, -0.05) is 22.8 Å². The normalized spacial score (nSPS) is 10.7. The van der Waals surface area contributed by atoms with Crippen LogP contribution in [0.5, 0.6) is 0 Å². The highest BCUT2D eigenvalue weighted by molar-refractivity contribution is 5.39.